The average Bonchev–Trinajstić information content (AvgIpc) is 2.33. The maximum atomic E-state index is 11.8. The van der Waals surface area contributed by atoms with E-state index >= 15 is 0 Å². The lowest BCUT2D eigenvalue weighted by molar-refractivity contribution is 0.0915. The standard InChI is InChI=1S/C14H22N2O2/c1-4-16(14(17)18-10-11(2)3)9-12-6-5-7-13(15)8-12/h5-8,11H,4,9-10,15H2,1-3H3. The van der Waals surface area contributed by atoms with Gasteiger partial charge in [-0.15, -0.1) is 0 Å². The summed E-state index contributed by atoms with van der Waals surface area (Å²) in [5.41, 5.74) is 7.44. The lowest BCUT2D eigenvalue weighted by atomic mass is 10.2. The van der Waals surface area contributed by atoms with Gasteiger partial charge >= 0.3 is 6.09 Å². The number of amides is 1. The maximum absolute atomic E-state index is 11.8. The molecular weight excluding hydrogens is 228 g/mol. The molecule has 0 bridgehead atoms. The molecule has 0 aliphatic rings. The summed E-state index contributed by atoms with van der Waals surface area (Å²) in [6, 6.07) is 7.54. The summed E-state index contributed by atoms with van der Waals surface area (Å²) >= 11 is 0. The van der Waals surface area contributed by atoms with E-state index in [4.69, 9.17) is 10.5 Å². The fourth-order valence-corrected chi connectivity index (χ4v) is 1.55. The minimum Gasteiger partial charge on any atom is -0.449 e. The van der Waals surface area contributed by atoms with Crippen LogP contribution in [0.25, 0.3) is 0 Å². The number of rotatable bonds is 5. The smallest absolute Gasteiger partial charge is 0.410 e. The number of nitrogens with two attached hydrogens (primary N) is 1. The summed E-state index contributed by atoms with van der Waals surface area (Å²) in [6.45, 7) is 7.56. The molecule has 100 valence electrons. The van der Waals surface area contributed by atoms with Gasteiger partial charge in [0, 0.05) is 18.8 Å². The van der Waals surface area contributed by atoms with E-state index in [1.807, 2.05) is 45.0 Å². The van der Waals surface area contributed by atoms with Crippen LogP contribution >= 0.6 is 0 Å². The lowest BCUT2D eigenvalue weighted by Crippen LogP contribution is -2.31. The van der Waals surface area contributed by atoms with E-state index < -0.39 is 0 Å². The molecule has 1 aromatic carbocycles. The van der Waals surface area contributed by atoms with Gasteiger partial charge in [0.1, 0.15) is 0 Å². The van der Waals surface area contributed by atoms with Crippen molar-refractivity contribution < 1.29 is 9.53 Å². The summed E-state index contributed by atoms with van der Waals surface area (Å²) in [5, 5.41) is 0. The maximum Gasteiger partial charge on any atom is 0.410 e. The SMILES string of the molecule is CCN(Cc1cccc(N)c1)C(=O)OCC(C)C. The summed E-state index contributed by atoms with van der Waals surface area (Å²) in [7, 11) is 0. The van der Waals surface area contributed by atoms with Crippen LogP contribution in [0.4, 0.5) is 10.5 Å². The first-order valence-corrected chi connectivity index (χ1v) is 6.29. The van der Waals surface area contributed by atoms with Gasteiger partial charge in [0.2, 0.25) is 0 Å². The number of anilines is 1. The van der Waals surface area contributed by atoms with E-state index in [9.17, 15) is 4.79 Å². The molecule has 0 spiro atoms. The number of ether oxygens (including phenoxy) is 1. The van der Waals surface area contributed by atoms with Gasteiger partial charge in [-0.3, -0.25) is 0 Å². The zero-order chi connectivity index (χ0) is 13.5. The highest BCUT2D eigenvalue weighted by molar-refractivity contribution is 5.67. The Morgan fingerprint density at radius 2 is 2.17 bits per heavy atom. The van der Waals surface area contributed by atoms with E-state index in [0.29, 0.717) is 31.3 Å². The minimum atomic E-state index is -0.270. The Kier molecular flexibility index (Phi) is 5.49. The van der Waals surface area contributed by atoms with Gasteiger partial charge in [-0.2, -0.15) is 0 Å². The molecule has 0 aromatic heterocycles. The van der Waals surface area contributed by atoms with Crippen molar-refractivity contribution in [2.45, 2.75) is 27.3 Å². The van der Waals surface area contributed by atoms with Gasteiger partial charge in [0.05, 0.1) is 6.61 Å². The molecule has 0 atom stereocenters. The molecule has 0 aliphatic heterocycles. The monoisotopic (exact) mass is 250 g/mol. The van der Waals surface area contributed by atoms with Gasteiger partial charge in [0.25, 0.3) is 0 Å². The molecular formula is C14H22N2O2. The molecule has 0 unspecified atom stereocenters. The Balaban J connectivity index is 2.58. The van der Waals surface area contributed by atoms with E-state index in [0.717, 1.165) is 5.56 Å². The highest BCUT2D eigenvalue weighted by Crippen LogP contribution is 2.10. The van der Waals surface area contributed by atoms with Crippen molar-refractivity contribution in [1.82, 2.24) is 4.90 Å². The number of nitrogens with zero attached hydrogens (tertiary/aromatic N) is 1. The molecule has 1 amide bonds. The Morgan fingerprint density at radius 1 is 1.44 bits per heavy atom. The van der Waals surface area contributed by atoms with Crippen LogP contribution in [0.1, 0.15) is 26.3 Å². The van der Waals surface area contributed by atoms with Crippen LogP contribution in [0.5, 0.6) is 0 Å². The van der Waals surface area contributed by atoms with Crippen molar-refractivity contribution in [3.8, 4) is 0 Å². The van der Waals surface area contributed by atoms with Crippen LogP contribution in [0.2, 0.25) is 0 Å². The first kappa shape index (κ1) is 14.4. The molecule has 0 heterocycles. The number of hydrogen-bond donors (Lipinski definition) is 1. The third-order valence-corrected chi connectivity index (χ3v) is 2.50. The molecule has 1 rings (SSSR count). The molecule has 2 N–H and O–H groups in total. The zero-order valence-corrected chi connectivity index (χ0v) is 11.3. The molecule has 4 heteroatoms. The van der Waals surface area contributed by atoms with E-state index in [1.165, 1.54) is 0 Å². The second-order valence-corrected chi connectivity index (χ2v) is 4.73. The third-order valence-electron chi connectivity index (χ3n) is 2.50. The highest BCUT2D eigenvalue weighted by atomic mass is 16.6. The summed E-state index contributed by atoms with van der Waals surface area (Å²) < 4.78 is 5.21. The molecule has 1 aromatic rings. The van der Waals surface area contributed by atoms with Crippen LogP contribution in [-0.2, 0) is 11.3 Å². The predicted octanol–water partition coefficient (Wildman–Crippen LogP) is 2.88. The Bertz CT molecular complexity index is 391. The molecule has 0 saturated carbocycles. The fourth-order valence-electron chi connectivity index (χ4n) is 1.55. The van der Waals surface area contributed by atoms with Crippen LogP contribution < -0.4 is 5.73 Å². The quantitative estimate of drug-likeness (QED) is 0.817. The summed E-state index contributed by atoms with van der Waals surface area (Å²) in [5.74, 6) is 0.347. The molecule has 4 nitrogen and oxygen atoms in total. The van der Waals surface area contributed by atoms with Gasteiger partial charge < -0.3 is 15.4 Å². The minimum absolute atomic E-state index is 0.270. The van der Waals surface area contributed by atoms with Crippen LogP contribution in [-0.4, -0.2) is 24.1 Å². The third kappa shape index (κ3) is 4.65. The number of carbonyl (C=O) groups excluding carboxylic acids is 1. The topological polar surface area (TPSA) is 55.6 Å². The zero-order valence-electron chi connectivity index (χ0n) is 11.3. The van der Waals surface area contributed by atoms with Crippen molar-refractivity contribution >= 4 is 11.8 Å². The Labute approximate surface area is 109 Å². The summed E-state index contributed by atoms with van der Waals surface area (Å²) in [4.78, 5) is 13.5. The molecule has 0 radical (unpaired) electrons. The van der Waals surface area contributed by atoms with Crippen LogP contribution in [0, 0.1) is 5.92 Å². The van der Waals surface area contributed by atoms with Crippen molar-refractivity contribution in [3.63, 3.8) is 0 Å². The van der Waals surface area contributed by atoms with Gasteiger partial charge in [-0.05, 0) is 30.5 Å². The first-order valence-electron chi connectivity index (χ1n) is 6.29. The molecule has 18 heavy (non-hydrogen) atoms. The first-order chi connectivity index (χ1) is 8.52. The fraction of sp³-hybridized carbons (Fsp3) is 0.500. The van der Waals surface area contributed by atoms with E-state index in [-0.39, 0.29) is 6.09 Å². The number of nitrogen functional groups attached to an aromatic ring is 1. The second kappa shape index (κ2) is 6.89. The van der Waals surface area contributed by atoms with Crippen molar-refractivity contribution in [3.05, 3.63) is 29.8 Å². The van der Waals surface area contributed by atoms with Crippen molar-refractivity contribution in [2.24, 2.45) is 5.92 Å². The second-order valence-electron chi connectivity index (χ2n) is 4.73. The summed E-state index contributed by atoms with van der Waals surface area (Å²) in [6.07, 6.45) is -0.270. The van der Waals surface area contributed by atoms with Gasteiger partial charge in [-0.25, -0.2) is 4.79 Å². The van der Waals surface area contributed by atoms with E-state index in [1.54, 1.807) is 4.90 Å². The van der Waals surface area contributed by atoms with Crippen molar-refractivity contribution in [2.75, 3.05) is 18.9 Å². The number of benzene rings is 1. The largest absolute Gasteiger partial charge is 0.449 e. The van der Waals surface area contributed by atoms with Gasteiger partial charge in [-0.1, -0.05) is 26.0 Å². The average molecular weight is 250 g/mol. The number of carbonyl (C=O) groups is 1. The van der Waals surface area contributed by atoms with Crippen molar-refractivity contribution in [1.29, 1.82) is 0 Å². The number of hydrogen-bond acceptors (Lipinski definition) is 3. The van der Waals surface area contributed by atoms with Gasteiger partial charge in [0.15, 0.2) is 0 Å². The van der Waals surface area contributed by atoms with Crippen LogP contribution in [0.15, 0.2) is 24.3 Å². The molecule has 0 aliphatic carbocycles. The highest BCUT2D eigenvalue weighted by Gasteiger charge is 2.14. The Morgan fingerprint density at radius 3 is 2.72 bits per heavy atom. The normalized spacial score (nSPS) is 10.4. The predicted molar refractivity (Wildman–Crippen MR) is 73.1 cm³/mol. The Hall–Kier alpha value is -1.71. The van der Waals surface area contributed by atoms with E-state index in [2.05, 4.69) is 0 Å². The van der Waals surface area contributed by atoms with Crippen LogP contribution in [0.3, 0.4) is 0 Å². The molecule has 0 saturated heterocycles. The molecule has 0 fully saturated rings. The lowest BCUT2D eigenvalue weighted by Gasteiger charge is -2.21.